The Morgan fingerprint density at radius 3 is 2.50 bits per heavy atom. The van der Waals surface area contributed by atoms with Crippen molar-refractivity contribution in [2.75, 3.05) is 12.4 Å². The van der Waals surface area contributed by atoms with Crippen molar-refractivity contribution >= 4 is 53.1 Å². The van der Waals surface area contributed by atoms with E-state index >= 15 is 0 Å². The first-order chi connectivity index (χ1) is 15.6. The minimum atomic E-state index is -0.934. The molecule has 8 heteroatoms. The second kappa shape index (κ2) is 14.1. The molecular weight excluding hydrogens is 463 g/mol. The number of thioether (sulfide) groups is 1. The number of hydrogen-bond donors (Lipinski definition) is 3. The van der Waals surface area contributed by atoms with E-state index in [2.05, 4.69) is 0 Å². The molecule has 3 N–H and O–H groups in total. The maximum absolute atomic E-state index is 11.7. The van der Waals surface area contributed by atoms with E-state index in [0.717, 1.165) is 23.5 Å². The number of carboxylic acids is 1. The van der Waals surface area contributed by atoms with E-state index in [1.54, 1.807) is 37.7 Å². The van der Waals surface area contributed by atoms with Gasteiger partial charge in [-0.05, 0) is 49.6 Å². The summed E-state index contributed by atoms with van der Waals surface area (Å²) in [6.07, 6.45) is 1.23. The van der Waals surface area contributed by atoms with Gasteiger partial charge in [-0.15, -0.1) is 11.8 Å². The molecular formula is C26H35NaO6S. The Morgan fingerprint density at radius 1 is 1.18 bits per heavy atom. The SMILES string of the molecule is CCCc1c(OCCCSc2cccc(C(O)C(C)(C)CC(=O)O)c2)ccc(C(C)=O)c1O.[NaH]. The van der Waals surface area contributed by atoms with Gasteiger partial charge in [0.25, 0.3) is 0 Å². The molecule has 0 fully saturated rings. The number of aliphatic hydroxyl groups excluding tert-OH is 1. The maximum atomic E-state index is 11.7. The van der Waals surface area contributed by atoms with Gasteiger partial charge in [-0.25, -0.2) is 0 Å². The van der Waals surface area contributed by atoms with E-state index in [0.29, 0.717) is 35.5 Å². The van der Waals surface area contributed by atoms with Gasteiger partial charge in [-0.1, -0.05) is 39.3 Å². The third-order valence-electron chi connectivity index (χ3n) is 5.45. The van der Waals surface area contributed by atoms with E-state index in [-0.39, 0.29) is 47.5 Å². The number of carboxylic acid groups (broad SMARTS) is 1. The summed E-state index contributed by atoms with van der Waals surface area (Å²) in [6, 6.07) is 10.9. The molecule has 0 aliphatic carbocycles. The Kier molecular flexibility index (Phi) is 12.7. The van der Waals surface area contributed by atoms with Crippen LogP contribution in [0, 0.1) is 5.41 Å². The van der Waals surface area contributed by atoms with Gasteiger partial charge in [0, 0.05) is 21.6 Å². The van der Waals surface area contributed by atoms with Gasteiger partial charge in [-0.2, -0.15) is 0 Å². The molecule has 0 spiro atoms. The fourth-order valence-electron chi connectivity index (χ4n) is 3.67. The monoisotopic (exact) mass is 498 g/mol. The summed E-state index contributed by atoms with van der Waals surface area (Å²) >= 11 is 1.63. The van der Waals surface area contributed by atoms with Crippen LogP contribution in [0.3, 0.4) is 0 Å². The fraction of sp³-hybridized carbons (Fsp3) is 0.462. The van der Waals surface area contributed by atoms with Gasteiger partial charge in [-0.3, -0.25) is 9.59 Å². The van der Waals surface area contributed by atoms with Crippen molar-refractivity contribution in [3.8, 4) is 11.5 Å². The zero-order valence-corrected chi connectivity index (χ0v) is 20.6. The number of rotatable bonds is 13. The summed E-state index contributed by atoms with van der Waals surface area (Å²) in [7, 11) is 0. The first-order valence-corrected chi connectivity index (χ1v) is 12.2. The molecule has 0 amide bonds. The molecule has 0 saturated heterocycles. The molecule has 6 nitrogen and oxygen atoms in total. The number of aliphatic carboxylic acids is 1. The minimum absolute atomic E-state index is 0. The average molecular weight is 499 g/mol. The van der Waals surface area contributed by atoms with Gasteiger partial charge in [0.1, 0.15) is 11.5 Å². The zero-order valence-electron chi connectivity index (χ0n) is 19.8. The Morgan fingerprint density at radius 2 is 1.88 bits per heavy atom. The van der Waals surface area contributed by atoms with E-state index in [4.69, 9.17) is 9.84 Å². The van der Waals surface area contributed by atoms with Crippen LogP contribution < -0.4 is 4.74 Å². The first-order valence-electron chi connectivity index (χ1n) is 11.2. The van der Waals surface area contributed by atoms with Crippen molar-refractivity contribution in [2.24, 2.45) is 5.41 Å². The van der Waals surface area contributed by atoms with Gasteiger partial charge in [0.2, 0.25) is 0 Å². The van der Waals surface area contributed by atoms with Crippen molar-refractivity contribution in [1.82, 2.24) is 0 Å². The third kappa shape index (κ3) is 8.61. The van der Waals surface area contributed by atoms with Crippen LogP contribution in [0.5, 0.6) is 11.5 Å². The summed E-state index contributed by atoms with van der Waals surface area (Å²) in [6.45, 7) is 7.40. The number of Topliss-reactive ketones (excluding diaryl/α,β-unsaturated/α-hetero) is 1. The average Bonchev–Trinajstić information content (AvgIpc) is 2.74. The number of phenols is 1. The Labute approximate surface area is 228 Å². The summed E-state index contributed by atoms with van der Waals surface area (Å²) in [5, 5.41) is 30.2. The molecule has 2 aromatic carbocycles. The molecule has 34 heavy (non-hydrogen) atoms. The number of carbonyl (C=O) groups excluding carboxylic acids is 1. The van der Waals surface area contributed by atoms with Crippen LogP contribution in [0.4, 0.5) is 0 Å². The number of ketones is 1. The van der Waals surface area contributed by atoms with Gasteiger partial charge in [0.05, 0.1) is 24.7 Å². The van der Waals surface area contributed by atoms with Crippen LogP contribution in [-0.4, -0.2) is 69.0 Å². The quantitative estimate of drug-likeness (QED) is 0.155. The summed E-state index contributed by atoms with van der Waals surface area (Å²) in [5.74, 6) is 0.300. The molecule has 1 unspecified atom stereocenters. The fourth-order valence-corrected chi connectivity index (χ4v) is 4.56. The van der Waals surface area contributed by atoms with Crippen LogP contribution in [0.25, 0.3) is 0 Å². The van der Waals surface area contributed by atoms with Gasteiger partial charge >= 0.3 is 35.5 Å². The van der Waals surface area contributed by atoms with Crippen molar-refractivity contribution in [3.63, 3.8) is 0 Å². The third-order valence-corrected chi connectivity index (χ3v) is 6.53. The number of hydrogen-bond acceptors (Lipinski definition) is 6. The van der Waals surface area contributed by atoms with Gasteiger partial charge in [0.15, 0.2) is 5.78 Å². The predicted molar refractivity (Wildman–Crippen MR) is 138 cm³/mol. The van der Waals surface area contributed by atoms with Crippen molar-refractivity contribution < 1.29 is 29.6 Å². The Balaban J connectivity index is 0.00000578. The van der Waals surface area contributed by atoms with Crippen molar-refractivity contribution in [2.45, 2.75) is 64.4 Å². The molecule has 0 aliphatic rings. The van der Waals surface area contributed by atoms with Crippen molar-refractivity contribution in [3.05, 3.63) is 53.1 Å². The first kappa shape index (κ1) is 30.5. The van der Waals surface area contributed by atoms with Crippen LogP contribution in [0.1, 0.15) is 74.5 Å². The number of phenolic OH excluding ortho intramolecular Hbond substituents is 1. The Bertz CT molecular complexity index is 976. The Hall–Kier alpha value is -1.51. The molecule has 2 aromatic rings. The van der Waals surface area contributed by atoms with E-state index in [1.165, 1.54) is 6.92 Å². The topological polar surface area (TPSA) is 104 Å². The van der Waals surface area contributed by atoms with E-state index in [9.17, 15) is 19.8 Å². The van der Waals surface area contributed by atoms with E-state index in [1.807, 2.05) is 31.2 Å². The van der Waals surface area contributed by atoms with Crippen LogP contribution in [0.15, 0.2) is 41.3 Å². The van der Waals surface area contributed by atoms with Crippen LogP contribution in [0.2, 0.25) is 0 Å². The molecule has 2 rings (SSSR count). The molecule has 0 aliphatic heterocycles. The summed E-state index contributed by atoms with van der Waals surface area (Å²) in [5.41, 5.74) is 0.911. The molecule has 1 atom stereocenters. The molecule has 0 aromatic heterocycles. The molecule has 0 radical (unpaired) electrons. The zero-order chi connectivity index (χ0) is 24.6. The number of aromatic hydroxyl groups is 1. The molecule has 0 saturated carbocycles. The standard InChI is InChI=1S/C26H34O6S.Na.H/c1-5-8-21-22(12-11-20(17(2)27)24(21)30)32-13-7-14-33-19-10-6-9-18(15-19)25(31)26(3,4)16-23(28)29;;/h6,9-12,15,25,30-31H,5,7-8,13-14,16H2,1-4H3,(H,28,29);;. The van der Waals surface area contributed by atoms with Crippen LogP contribution >= 0.6 is 11.8 Å². The number of carbonyl (C=O) groups is 2. The normalized spacial score (nSPS) is 12.0. The molecule has 0 heterocycles. The number of aliphatic hydroxyl groups is 1. The number of ether oxygens (including phenoxy) is 1. The summed E-state index contributed by atoms with van der Waals surface area (Å²) < 4.78 is 5.91. The predicted octanol–water partition coefficient (Wildman–Crippen LogP) is 4.99. The van der Waals surface area contributed by atoms with Crippen LogP contribution in [-0.2, 0) is 11.2 Å². The van der Waals surface area contributed by atoms with Crippen molar-refractivity contribution in [1.29, 1.82) is 0 Å². The second-order valence-electron chi connectivity index (χ2n) is 8.83. The molecule has 182 valence electrons. The van der Waals surface area contributed by atoms with Gasteiger partial charge < -0.3 is 20.1 Å². The van der Waals surface area contributed by atoms with E-state index < -0.39 is 17.5 Å². The molecule has 0 bridgehead atoms. The summed E-state index contributed by atoms with van der Waals surface area (Å²) in [4.78, 5) is 23.8. The number of benzene rings is 2. The second-order valence-corrected chi connectivity index (χ2v) is 10.00.